The van der Waals surface area contributed by atoms with Gasteiger partial charge in [-0.05, 0) is 70.6 Å². The summed E-state index contributed by atoms with van der Waals surface area (Å²) in [5.41, 5.74) is 0.354. The number of hydrogen-bond donors (Lipinski definition) is 0. The van der Waals surface area contributed by atoms with Crippen LogP contribution in [-0.4, -0.2) is 46.0 Å². The van der Waals surface area contributed by atoms with Gasteiger partial charge in [0.15, 0.2) is 0 Å². The molecule has 1 atom stereocenters. The van der Waals surface area contributed by atoms with Crippen LogP contribution in [0, 0.1) is 0 Å². The van der Waals surface area contributed by atoms with Gasteiger partial charge in [0.1, 0.15) is 11.6 Å². The molecule has 0 bridgehead atoms. The molecule has 1 aliphatic carbocycles. The highest BCUT2D eigenvalue weighted by atomic mass is 35.5. The molecule has 5 nitrogen and oxygen atoms in total. The van der Waals surface area contributed by atoms with Crippen LogP contribution in [0.2, 0.25) is 10.0 Å². The highest BCUT2D eigenvalue weighted by Gasteiger charge is 2.41. The zero-order valence-corrected chi connectivity index (χ0v) is 18.2. The summed E-state index contributed by atoms with van der Waals surface area (Å²) in [6, 6.07) is 5.21. The normalized spacial score (nSPS) is 20.0. The van der Waals surface area contributed by atoms with Gasteiger partial charge in [0.05, 0.1) is 10.0 Å². The standard InChI is InChI=1S/C21H28Cl2N2O3/c1-21(2,3)28-20(27)24-11-5-4-6-18(24)19(26)25(15-8-9-15)13-14-7-10-16(22)17(23)12-14/h7,10,12,15,18H,4-6,8-9,11,13H2,1-3H3/t18-/m1/s1. The Labute approximate surface area is 176 Å². The van der Waals surface area contributed by atoms with Gasteiger partial charge >= 0.3 is 6.09 Å². The molecule has 154 valence electrons. The van der Waals surface area contributed by atoms with Crippen molar-refractivity contribution in [1.82, 2.24) is 9.80 Å². The average molecular weight is 427 g/mol. The number of nitrogens with zero attached hydrogens (tertiary/aromatic N) is 2. The largest absolute Gasteiger partial charge is 0.444 e. The lowest BCUT2D eigenvalue weighted by Crippen LogP contribution is -2.54. The predicted octanol–water partition coefficient (Wildman–Crippen LogP) is 5.27. The summed E-state index contributed by atoms with van der Waals surface area (Å²) in [6.45, 7) is 6.54. The van der Waals surface area contributed by atoms with E-state index in [1.54, 1.807) is 17.0 Å². The fourth-order valence-electron chi connectivity index (χ4n) is 3.53. The van der Waals surface area contributed by atoms with E-state index in [0.717, 1.165) is 31.2 Å². The Morgan fingerprint density at radius 2 is 1.86 bits per heavy atom. The number of hydrogen-bond acceptors (Lipinski definition) is 3. The first kappa shape index (κ1) is 21.3. The van der Waals surface area contributed by atoms with Gasteiger partial charge in [-0.1, -0.05) is 29.3 Å². The molecule has 7 heteroatoms. The molecule has 2 aliphatic rings. The molecule has 0 unspecified atom stereocenters. The number of piperidine rings is 1. The molecule has 0 aromatic heterocycles. The summed E-state index contributed by atoms with van der Waals surface area (Å²) in [5, 5.41) is 0.980. The van der Waals surface area contributed by atoms with Crippen LogP contribution in [0.3, 0.4) is 0 Å². The number of ether oxygens (including phenoxy) is 1. The SMILES string of the molecule is CC(C)(C)OC(=O)N1CCCC[C@@H]1C(=O)N(Cc1ccc(Cl)c(Cl)c1)C1CC1. The first-order valence-electron chi connectivity index (χ1n) is 9.90. The number of carbonyl (C=O) groups is 2. The summed E-state index contributed by atoms with van der Waals surface area (Å²) in [7, 11) is 0. The Bertz CT molecular complexity index is 744. The lowest BCUT2D eigenvalue weighted by Gasteiger charge is -2.38. The molecule has 1 saturated carbocycles. The lowest BCUT2D eigenvalue weighted by molar-refractivity contribution is -0.139. The number of benzene rings is 1. The van der Waals surface area contributed by atoms with Crippen molar-refractivity contribution in [3.8, 4) is 0 Å². The van der Waals surface area contributed by atoms with Crippen LogP contribution < -0.4 is 0 Å². The quantitative estimate of drug-likeness (QED) is 0.658. The van der Waals surface area contributed by atoms with E-state index in [1.165, 1.54) is 0 Å². The lowest BCUT2D eigenvalue weighted by atomic mass is 10.0. The smallest absolute Gasteiger partial charge is 0.410 e. The third-order valence-corrected chi connectivity index (χ3v) is 5.76. The topological polar surface area (TPSA) is 49.9 Å². The summed E-state index contributed by atoms with van der Waals surface area (Å²) >= 11 is 12.2. The zero-order chi connectivity index (χ0) is 20.5. The van der Waals surface area contributed by atoms with Crippen LogP contribution in [0.1, 0.15) is 58.4 Å². The van der Waals surface area contributed by atoms with Crippen LogP contribution in [-0.2, 0) is 16.1 Å². The van der Waals surface area contributed by atoms with Gasteiger partial charge in [0.2, 0.25) is 5.91 Å². The van der Waals surface area contributed by atoms with Crippen LogP contribution >= 0.6 is 23.2 Å². The molecule has 0 spiro atoms. The van der Waals surface area contributed by atoms with Gasteiger partial charge in [-0.15, -0.1) is 0 Å². The zero-order valence-electron chi connectivity index (χ0n) is 16.7. The molecular formula is C21H28Cl2N2O3. The summed E-state index contributed by atoms with van der Waals surface area (Å²) in [6.07, 6.45) is 4.07. The maximum Gasteiger partial charge on any atom is 0.410 e. The van der Waals surface area contributed by atoms with Crippen molar-refractivity contribution < 1.29 is 14.3 Å². The number of halogens is 2. The number of carbonyl (C=O) groups excluding carboxylic acids is 2. The van der Waals surface area contributed by atoms with Crippen molar-refractivity contribution in [1.29, 1.82) is 0 Å². The van der Waals surface area contributed by atoms with Crippen molar-refractivity contribution in [2.45, 2.75) is 77.1 Å². The summed E-state index contributed by atoms with van der Waals surface area (Å²) < 4.78 is 5.54. The molecule has 1 saturated heterocycles. The van der Waals surface area contributed by atoms with E-state index < -0.39 is 17.7 Å². The fourth-order valence-corrected chi connectivity index (χ4v) is 3.85. The number of rotatable bonds is 4. The van der Waals surface area contributed by atoms with Crippen LogP contribution in [0.4, 0.5) is 4.79 Å². The molecule has 1 aliphatic heterocycles. The molecule has 1 aromatic rings. The highest BCUT2D eigenvalue weighted by Crippen LogP contribution is 2.32. The van der Waals surface area contributed by atoms with Crippen molar-refractivity contribution in [2.75, 3.05) is 6.54 Å². The maximum atomic E-state index is 13.4. The first-order valence-corrected chi connectivity index (χ1v) is 10.7. The van der Waals surface area contributed by atoms with Crippen molar-refractivity contribution >= 4 is 35.2 Å². The second-order valence-electron chi connectivity index (χ2n) is 8.63. The third-order valence-electron chi connectivity index (χ3n) is 5.02. The van der Waals surface area contributed by atoms with Crippen LogP contribution in [0.15, 0.2) is 18.2 Å². The van der Waals surface area contributed by atoms with E-state index in [4.69, 9.17) is 27.9 Å². The van der Waals surface area contributed by atoms with E-state index in [9.17, 15) is 9.59 Å². The Morgan fingerprint density at radius 1 is 1.14 bits per heavy atom. The van der Waals surface area contributed by atoms with Gasteiger partial charge in [-0.2, -0.15) is 0 Å². The molecule has 28 heavy (non-hydrogen) atoms. The van der Waals surface area contributed by atoms with Gasteiger partial charge in [0.25, 0.3) is 0 Å². The Morgan fingerprint density at radius 3 is 2.46 bits per heavy atom. The average Bonchev–Trinajstić information content (AvgIpc) is 3.45. The fraction of sp³-hybridized carbons (Fsp3) is 0.619. The molecule has 2 fully saturated rings. The highest BCUT2D eigenvalue weighted by molar-refractivity contribution is 6.42. The minimum absolute atomic E-state index is 0.000804. The van der Waals surface area contributed by atoms with E-state index >= 15 is 0 Å². The van der Waals surface area contributed by atoms with Gasteiger partial charge in [0, 0.05) is 19.1 Å². The predicted molar refractivity (Wildman–Crippen MR) is 111 cm³/mol. The van der Waals surface area contributed by atoms with E-state index in [-0.39, 0.29) is 11.9 Å². The van der Waals surface area contributed by atoms with Gasteiger partial charge < -0.3 is 9.64 Å². The van der Waals surface area contributed by atoms with Crippen molar-refractivity contribution in [2.24, 2.45) is 0 Å². The second-order valence-corrected chi connectivity index (χ2v) is 9.45. The van der Waals surface area contributed by atoms with Crippen LogP contribution in [0.25, 0.3) is 0 Å². The van der Waals surface area contributed by atoms with Gasteiger partial charge in [-0.25, -0.2) is 4.79 Å². The molecular weight excluding hydrogens is 399 g/mol. The monoisotopic (exact) mass is 426 g/mol. The van der Waals surface area contributed by atoms with Crippen LogP contribution in [0.5, 0.6) is 0 Å². The molecule has 1 heterocycles. The number of amides is 2. The molecule has 3 rings (SSSR count). The Kier molecular flexibility index (Phi) is 6.45. The van der Waals surface area contributed by atoms with E-state index in [2.05, 4.69) is 0 Å². The summed E-state index contributed by atoms with van der Waals surface area (Å²) in [5.74, 6) is -0.000804. The Hall–Kier alpha value is -1.46. The van der Waals surface area contributed by atoms with E-state index in [0.29, 0.717) is 29.6 Å². The van der Waals surface area contributed by atoms with Gasteiger partial charge in [-0.3, -0.25) is 9.69 Å². The molecule has 0 radical (unpaired) electrons. The second kappa shape index (κ2) is 8.50. The summed E-state index contributed by atoms with van der Waals surface area (Å²) in [4.78, 5) is 29.6. The van der Waals surface area contributed by atoms with E-state index in [1.807, 2.05) is 31.7 Å². The minimum Gasteiger partial charge on any atom is -0.444 e. The minimum atomic E-state index is -0.585. The Balaban J connectivity index is 1.77. The molecule has 0 N–H and O–H groups in total. The van der Waals surface area contributed by atoms with Crippen molar-refractivity contribution in [3.05, 3.63) is 33.8 Å². The first-order chi connectivity index (χ1) is 13.2. The molecule has 2 amide bonds. The maximum absolute atomic E-state index is 13.4. The number of likely N-dealkylation sites (tertiary alicyclic amines) is 1. The molecule has 1 aromatic carbocycles. The van der Waals surface area contributed by atoms with Crippen molar-refractivity contribution in [3.63, 3.8) is 0 Å². The third kappa shape index (κ3) is 5.32.